The Balaban J connectivity index is 1.57. The van der Waals surface area contributed by atoms with Crippen LogP contribution in [-0.4, -0.2) is 70.9 Å². The average Bonchev–Trinajstić information content (AvgIpc) is 3.38. The first-order valence-electron chi connectivity index (χ1n) is 19.0. The SMILES string of the molecule is CCCCNCCC[C@@H](C)C1CC[C@H]2C3[C@H](OCCCN)CC4C[C@H](OCCCN)CCC4(C)[C@H]3C[C@H](OCCCN)C12C. The number of nitrogens with two attached hydrogens (primary N) is 3. The summed E-state index contributed by atoms with van der Waals surface area (Å²) in [5.74, 6) is 3.93. The molecule has 0 spiro atoms. The topological polar surface area (TPSA) is 118 Å². The molecular weight excluding hydrogens is 548 g/mol. The van der Waals surface area contributed by atoms with Crippen LogP contribution >= 0.6 is 0 Å². The van der Waals surface area contributed by atoms with E-state index in [2.05, 4.69) is 33.0 Å². The fourth-order valence-corrected chi connectivity index (χ4v) is 10.8. The van der Waals surface area contributed by atoms with Gasteiger partial charge in [0.15, 0.2) is 0 Å². The summed E-state index contributed by atoms with van der Waals surface area (Å²) in [4.78, 5) is 0. The smallest absolute Gasteiger partial charge is 0.0637 e. The second-order valence-electron chi connectivity index (χ2n) is 15.7. The molecule has 4 fully saturated rings. The highest BCUT2D eigenvalue weighted by Crippen LogP contribution is 2.69. The van der Waals surface area contributed by atoms with Crippen LogP contribution in [0.25, 0.3) is 0 Å². The van der Waals surface area contributed by atoms with Crippen LogP contribution in [0.3, 0.4) is 0 Å². The van der Waals surface area contributed by atoms with Crippen molar-refractivity contribution in [2.24, 2.45) is 63.5 Å². The summed E-state index contributed by atoms with van der Waals surface area (Å²) in [6.07, 6.45) is 17.5. The zero-order chi connectivity index (χ0) is 31.6. The van der Waals surface area contributed by atoms with E-state index < -0.39 is 0 Å². The first-order valence-corrected chi connectivity index (χ1v) is 19.0. The van der Waals surface area contributed by atoms with Crippen molar-refractivity contribution in [1.82, 2.24) is 5.32 Å². The van der Waals surface area contributed by atoms with Gasteiger partial charge in [-0.2, -0.15) is 0 Å². The number of rotatable bonds is 20. The predicted octanol–water partition coefficient (Wildman–Crippen LogP) is 5.87. The lowest BCUT2D eigenvalue weighted by atomic mass is 9.43. The van der Waals surface area contributed by atoms with Crippen LogP contribution in [0.15, 0.2) is 0 Å². The normalized spacial score (nSPS) is 39.1. The fraction of sp³-hybridized carbons (Fsp3) is 1.00. The van der Waals surface area contributed by atoms with Crippen molar-refractivity contribution in [2.45, 2.75) is 136 Å². The largest absolute Gasteiger partial charge is 0.378 e. The van der Waals surface area contributed by atoms with E-state index in [4.69, 9.17) is 31.4 Å². The molecule has 11 atom stereocenters. The van der Waals surface area contributed by atoms with Gasteiger partial charge in [-0.15, -0.1) is 0 Å². The molecule has 44 heavy (non-hydrogen) atoms. The first-order chi connectivity index (χ1) is 21.3. The van der Waals surface area contributed by atoms with Crippen LogP contribution < -0.4 is 22.5 Å². The second-order valence-corrected chi connectivity index (χ2v) is 15.7. The van der Waals surface area contributed by atoms with Crippen LogP contribution in [0.2, 0.25) is 0 Å². The maximum Gasteiger partial charge on any atom is 0.0637 e. The molecule has 0 amide bonds. The number of nitrogens with one attached hydrogen (secondary N) is 1. The lowest BCUT2D eigenvalue weighted by Gasteiger charge is -2.65. The predicted molar refractivity (Wildman–Crippen MR) is 182 cm³/mol. The van der Waals surface area contributed by atoms with Crippen molar-refractivity contribution in [3.8, 4) is 0 Å². The molecule has 4 aliphatic rings. The standard InChI is InChI=1S/C37H72N4O3/c1-5-6-19-41-20-7-11-27(2)30-12-13-31-35-32(26-34(37(30,31)4)44-23-10-18-40)36(3)15-14-29(42-21-8-16-38)24-28(36)25-33(35)43-22-9-17-39/h27-35,41H,5-26,38-40H2,1-4H3/t27-,28?,29-,30?,31+,32+,33-,34+,35?,36?,37?/m1/s1. The maximum absolute atomic E-state index is 7.00. The molecule has 0 aliphatic heterocycles. The molecule has 4 aliphatic carbocycles. The van der Waals surface area contributed by atoms with Crippen molar-refractivity contribution in [1.29, 1.82) is 0 Å². The number of fused-ring (bicyclic) bond motifs is 5. The Bertz CT molecular complexity index is 818. The van der Waals surface area contributed by atoms with Crippen molar-refractivity contribution in [3.63, 3.8) is 0 Å². The summed E-state index contributed by atoms with van der Waals surface area (Å²) >= 11 is 0. The molecule has 7 N–H and O–H groups in total. The zero-order valence-corrected chi connectivity index (χ0v) is 29.2. The highest BCUT2D eigenvalue weighted by Gasteiger charge is 2.66. The second kappa shape index (κ2) is 17.8. The van der Waals surface area contributed by atoms with E-state index in [-0.39, 0.29) is 5.41 Å². The van der Waals surface area contributed by atoms with Gasteiger partial charge in [-0.3, -0.25) is 0 Å². The third kappa shape index (κ3) is 8.22. The van der Waals surface area contributed by atoms with Gasteiger partial charge in [-0.25, -0.2) is 0 Å². The average molecular weight is 621 g/mol. The number of unbranched alkanes of at least 4 members (excludes halogenated alkanes) is 1. The number of ether oxygens (including phenoxy) is 3. The molecule has 5 unspecified atom stereocenters. The minimum absolute atomic E-state index is 0.187. The molecule has 7 heteroatoms. The molecule has 258 valence electrons. The Morgan fingerprint density at radius 2 is 1.45 bits per heavy atom. The molecule has 0 aromatic rings. The summed E-state index contributed by atoms with van der Waals surface area (Å²) in [5, 5.41) is 3.68. The Kier molecular flexibility index (Phi) is 14.7. The van der Waals surface area contributed by atoms with Crippen molar-refractivity contribution in [2.75, 3.05) is 52.5 Å². The Morgan fingerprint density at radius 3 is 2.16 bits per heavy atom. The minimum Gasteiger partial charge on any atom is -0.378 e. The molecule has 4 rings (SSSR count). The summed E-state index contributed by atoms with van der Waals surface area (Å²) in [5.41, 5.74) is 18.2. The Hall–Kier alpha value is -0.280. The fourth-order valence-electron chi connectivity index (χ4n) is 10.8. The van der Waals surface area contributed by atoms with E-state index in [9.17, 15) is 0 Å². The number of hydrogen-bond donors (Lipinski definition) is 4. The highest BCUT2D eigenvalue weighted by atomic mass is 16.5. The molecule has 0 radical (unpaired) electrons. The molecular formula is C37H72N4O3. The van der Waals surface area contributed by atoms with Gasteiger partial charge in [0.05, 0.1) is 18.3 Å². The van der Waals surface area contributed by atoms with Gasteiger partial charge in [-0.1, -0.05) is 34.1 Å². The molecule has 0 bridgehead atoms. The lowest BCUT2D eigenvalue weighted by molar-refractivity contribution is -0.227. The van der Waals surface area contributed by atoms with Gasteiger partial charge in [0.2, 0.25) is 0 Å². The Morgan fingerprint density at radius 1 is 0.773 bits per heavy atom. The first kappa shape index (κ1) is 36.6. The van der Waals surface area contributed by atoms with Gasteiger partial charge >= 0.3 is 0 Å². The zero-order valence-electron chi connectivity index (χ0n) is 29.2. The van der Waals surface area contributed by atoms with Crippen molar-refractivity contribution < 1.29 is 14.2 Å². The van der Waals surface area contributed by atoms with Gasteiger partial charge in [0.25, 0.3) is 0 Å². The molecule has 0 heterocycles. The van der Waals surface area contributed by atoms with Gasteiger partial charge < -0.3 is 36.7 Å². The third-order valence-corrected chi connectivity index (χ3v) is 13.2. The van der Waals surface area contributed by atoms with E-state index in [1.54, 1.807) is 0 Å². The van der Waals surface area contributed by atoms with Crippen LogP contribution in [0, 0.1) is 46.3 Å². The molecule has 4 saturated carbocycles. The maximum atomic E-state index is 7.00. The van der Waals surface area contributed by atoms with E-state index >= 15 is 0 Å². The van der Waals surface area contributed by atoms with E-state index in [1.165, 1.54) is 64.2 Å². The van der Waals surface area contributed by atoms with Gasteiger partial charge in [0.1, 0.15) is 0 Å². The molecule has 0 aromatic heterocycles. The summed E-state index contributed by atoms with van der Waals surface area (Å²) in [6.45, 7) is 16.9. The van der Waals surface area contributed by atoms with Crippen LogP contribution in [0.5, 0.6) is 0 Å². The number of hydrogen-bond acceptors (Lipinski definition) is 7. The monoisotopic (exact) mass is 621 g/mol. The minimum atomic E-state index is 0.187. The van der Waals surface area contributed by atoms with Crippen molar-refractivity contribution >= 4 is 0 Å². The molecule has 0 saturated heterocycles. The third-order valence-electron chi connectivity index (χ3n) is 13.2. The molecule has 7 nitrogen and oxygen atoms in total. The summed E-state index contributed by atoms with van der Waals surface area (Å²) in [7, 11) is 0. The van der Waals surface area contributed by atoms with Gasteiger partial charge in [0, 0.05) is 25.2 Å². The lowest BCUT2D eigenvalue weighted by Crippen LogP contribution is -2.63. The van der Waals surface area contributed by atoms with E-state index in [0.717, 1.165) is 58.6 Å². The quantitative estimate of drug-likeness (QED) is 0.126. The Labute approximate surface area is 271 Å². The van der Waals surface area contributed by atoms with Crippen LogP contribution in [0.1, 0.15) is 118 Å². The summed E-state index contributed by atoms with van der Waals surface area (Å²) < 4.78 is 20.3. The van der Waals surface area contributed by atoms with Gasteiger partial charge in [-0.05, 0) is 157 Å². The highest BCUT2D eigenvalue weighted by molar-refractivity contribution is 5.15. The summed E-state index contributed by atoms with van der Waals surface area (Å²) in [6, 6.07) is 0. The van der Waals surface area contributed by atoms with Crippen LogP contribution in [0.4, 0.5) is 0 Å². The van der Waals surface area contributed by atoms with Crippen molar-refractivity contribution in [3.05, 3.63) is 0 Å². The van der Waals surface area contributed by atoms with E-state index in [0.29, 0.717) is 78.9 Å². The van der Waals surface area contributed by atoms with E-state index in [1.807, 2.05) is 0 Å². The molecule has 0 aromatic carbocycles. The van der Waals surface area contributed by atoms with Crippen LogP contribution in [-0.2, 0) is 14.2 Å².